The Hall–Kier alpha value is -2.48. The Morgan fingerprint density at radius 1 is 0.885 bits per heavy atom. The summed E-state index contributed by atoms with van der Waals surface area (Å²) < 4.78 is 17.6. The molecule has 2 unspecified atom stereocenters. The highest BCUT2D eigenvalue weighted by molar-refractivity contribution is 6.01. The number of rotatable bonds is 0. The Labute approximate surface area is 152 Å². The number of benzene rings is 2. The molecule has 2 atom stereocenters. The number of hydrogen-bond donors (Lipinski definition) is 0. The van der Waals surface area contributed by atoms with Crippen molar-refractivity contribution in [3.8, 4) is 11.3 Å². The molecule has 0 saturated heterocycles. The number of aromatic nitrogens is 1. The molecule has 0 bridgehead atoms. The molecule has 2 aromatic carbocycles. The number of allylic oxidation sites excluding steroid dienone is 2. The molecule has 2 aliphatic carbocycles. The quantitative estimate of drug-likeness (QED) is 0.394. The van der Waals surface area contributed by atoms with E-state index in [2.05, 4.69) is 74.9 Å². The van der Waals surface area contributed by atoms with Crippen molar-refractivity contribution in [1.82, 2.24) is 0 Å². The van der Waals surface area contributed by atoms with Gasteiger partial charge in [0.1, 0.15) is 5.82 Å². The molecule has 2 heterocycles. The van der Waals surface area contributed by atoms with Gasteiger partial charge in [-0.3, -0.25) is 0 Å². The summed E-state index contributed by atoms with van der Waals surface area (Å²) in [5.41, 5.74) is 5.03. The molecule has 0 amide bonds. The molecule has 6 rings (SSSR count). The van der Waals surface area contributed by atoms with E-state index in [4.69, 9.17) is 0 Å². The van der Waals surface area contributed by atoms with Crippen molar-refractivity contribution < 1.29 is 8.96 Å². The first-order valence-electron chi connectivity index (χ1n) is 9.33. The lowest BCUT2D eigenvalue weighted by Crippen LogP contribution is -2.70. The Balaban J connectivity index is 1.97. The largest absolute Gasteiger partial charge is 0.222 e. The fourth-order valence-electron chi connectivity index (χ4n) is 5.75. The van der Waals surface area contributed by atoms with Crippen molar-refractivity contribution in [3.05, 3.63) is 77.3 Å². The van der Waals surface area contributed by atoms with E-state index in [1.165, 1.54) is 27.6 Å². The number of pyridine rings is 1. The molecule has 128 valence electrons. The fourth-order valence-corrected chi connectivity index (χ4v) is 5.75. The zero-order chi connectivity index (χ0) is 18.1. The first kappa shape index (κ1) is 14.7. The first-order chi connectivity index (χ1) is 12.3. The third-order valence-electron chi connectivity index (χ3n) is 7.52. The highest BCUT2D eigenvalue weighted by Crippen LogP contribution is 2.59. The number of nitrogens with zero attached hydrogens (tertiary/aromatic N) is 1. The van der Waals surface area contributed by atoms with Crippen LogP contribution >= 0.6 is 0 Å². The standard InChI is InChI=1S/C24H21FN/c1-22(2)15-7-5-6-14-10-13-26-21(18(14)15)19-16(8-9-17(25)20(19)22)23(3)11-12-24(23,26)4/h5-13H,1-4H3/q+1. The van der Waals surface area contributed by atoms with Crippen LogP contribution in [-0.2, 0) is 16.4 Å². The molecule has 3 aromatic rings. The molecule has 1 aromatic heterocycles. The lowest BCUT2D eigenvalue weighted by atomic mass is 9.54. The number of hydrogen-bond acceptors (Lipinski definition) is 0. The first-order valence-corrected chi connectivity index (χ1v) is 9.33. The second-order valence-electron chi connectivity index (χ2n) is 8.96. The second-order valence-corrected chi connectivity index (χ2v) is 8.96. The van der Waals surface area contributed by atoms with E-state index in [0.717, 1.165) is 11.1 Å². The molecular weight excluding hydrogens is 321 g/mol. The van der Waals surface area contributed by atoms with E-state index >= 15 is 4.39 Å². The molecule has 1 nitrogen and oxygen atoms in total. The van der Waals surface area contributed by atoms with Gasteiger partial charge < -0.3 is 0 Å². The molecular formula is C24H21FN+. The molecule has 2 heteroatoms. The monoisotopic (exact) mass is 342 g/mol. The van der Waals surface area contributed by atoms with Crippen LogP contribution in [0.15, 0.2) is 54.7 Å². The minimum Gasteiger partial charge on any atom is -0.207 e. The van der Waals surface area contributed by atoms with Crippen molar-refractivity contribution in [3.63, 3.8) is 0 Å². The summed E-state index contributed by atoms with van der Waals surface area (Å²) in [5.74, 6) is -0.0951. The van der Waals surface area contributed by atoms with Crippen molar-refractivity contribution in [2.75, 3.05) is 0 Å². The summed E-state index contributed by atoms with van der Waals surface area (Å²) >= 11 is 0. The van der Waals surface area contributed by atoms with Gasteiger partial charge in [-0.05, 0) is 35.6 Å². The molecule has 0 N–H and O–H groups in total. The Kier molecular flexibility index (Phi) is 2.22. The van der Waals surface area contributed by atoms with Gasteiger partial charge in [-0.1, -0.05) is 44.2 Å². The maximum atomic E-state index is 15.2. The Morgan fingerprint density at radius 3 is 2.42 bits per heavy atom. The smallest absolute Gasteiger partial charge is 0.207 e. The zero-order valence-corrected chi connectivity index (χ0v) is 15.5. The minimum atomic E-state index is -0.362. The molecule has 3 aliphatic rings. The van der Waals surface area contributed by atoms with Gasteiger partial charge in [0.05, 0.1) is 16.4 Å². The maximum Gasteiger partial charge on any atom is 0.222 e. The van der Waals surface area contributed by atoms with Gasteiger partial charge in [0.2, 0.25) is 5.69 Å². The summed E-state index contributed by atoms with van der Waals surface area (Å²) in [6, 6.07) is 12.4. The molecule has 26 heavy (non-hydrogen) atoms. The summed E-state index contributed by atoms with van der Waals surface area (Å²) in [6.45, 7) is 8.90. The highest BCUT2D eigenvalue weighted by Gasteiger charge is 2.63. The van der Waals surface area contributed by atoms with E-state index in [-0.39, 0.29) is 22.2 Å². The van der Waals surface area contributed by atoms with Crippen LogP contribution in [0.25, 0.3) is 22.0 Å². The molecule has 0 fully saturated rings. The van der Waals surface area contributed by atoms with Crippen molar-refractivity contribution in [2.24, 2.45) is 0 Å². The number of fused-ring (bicyclic) bond motifs is 3. The van der Waals surface area contributed by atoms with Gasteiger partial charge in [-0.15, -0.1) is 0 Å². The predicted molar refractivity (Wildman–Crippen MR) is 102 cm³/mol. The van der Waals surface area contributed by atoms with Gasteiger partial charge in [0.25, 0.3) is 0 Å². The van der Waals surface area contributed by atoms with Gasteiger partial charge in [0.15, 0.2) is 11.7 Å². The van der Waals surface area contributed by atoms with Crippen LogP contribution in [-0.4, -0.2) is 0 Å². The number of halogens is 1. The fraction of sp³-hybridized carbons (Fsp3) is 0.292. The SMILES string of the molecule is CC1(C)c2c(F)ccc3c2-c2c4c1cccc4cc[n+]2C1(C)C=CC31C. The third-order valence-corrected chi connectivity index (χ3v) is 7.52. The lowest BCUT2D eigenvalue weighted by molar-refractivity contribution is -0.753. The topological polar surface area (TPSA) is 3.88 Å². The third kappa shape index (κ3) is 1.24. The average molecular weight is 342 g/mol. The van der Waals surface area contributed by atoms with E-state index in [9.17, 15) is 0 Å². The summed E-state index contributed by atoms with van der Waals surface area (Å²) in [6.07, 6.45) is 6.77. The summed E-state index contributed by atoms with van der Waals surface area (Å²) in [4.78, 5) is 0. The predicted octanol–water partition coefficient (Wildman–Crippen LogP) is 5.13. The minimum absolute atomic E-state index is 0.0951. The maximum absolute atomic E-state index is 15.2. The van der Waals surface area contributed by atoms with Crippen LogP contribution in [0.5, 0.6) is 0 Å². The molecule has 0 saturated carbocycles. The molecule has 0 radical (unpaired) electrons. The van der Waals surface area contributed by atoms with Crippen LogP contribution in [0.2, 0.25) is 0 Å². The lowest BCUT2D eigenvalue weighted by Gasteiger charge is -2.51. The van der Waals surface area contributed by atoms with Crippen molar-refractivity contribution in [1.29, 1.82) is 0 Å². The average Bonchev–Trinajstić information content (AvgIpc) is 2.62. The van der Waals surface area contributed by atoms with E-state index < -0.39 is 0 Å². The molecule has 1 aliphatic heterocycles. The van der Waals surface area contributed by atoms with Gasteiger partial charge in [-0.25, -0.2) is 4.39 Å². The van der Waals surface area contributed by atoms with Crippen LogP contribution in [0.1, 0.15) is 44.4 Å². The van der Waals surface area contributed by atoms with Crippen LogP contribution < -0.4 is 4.57 Å². The van der Waals surface area contributed by atoms with E-state index in [1.54, 1.807) is 6.07 Å². The molecule has 0 spiro atoms. The van der Waals surface area contributed by atoms with Crippen molar-refractivity contribution in [2.45, 2.75) is 44.1 Å². The van der Waals surface area contributed by atoms with Crippen LogP contribution in [0.4, 0.5) is 4.39 Å². The summed E-state index contributed by atoms with van der Waals surface area (Å²) in [5, 5.41) is 2.51. The van der Waals surface area contributed by atoms with E-state index in [1.807, 2.05) is 6.07 Å². The zero-order valence-electron chi connectivity index (χ0n) is 15.5. The summed E-state index contributed by atoms with van der Waals surface area (Å²) in [7, 11) is 0. The second kappa shape index (κ2) is 3.93. The van der Waals surface area contributed by atoms with Gasteiger partial charge in [0, 0.05) is 24.0 Å². The normalized spacial score (nSPS) is 28.7. The van der Waals surface area contributed by atoms with Crippen LogP contribution in [0, 0.1) is 5.82 Å². The Bertz CT molecular complexity index is 1200. The highest BCUT2D eigenvalue weighted by atomic mass is 19.1. The van der Waals surface area contributed by atoms with Gasteiger partial charge in [-0.2, -0.15) is 4.57 Å². The van der Waals surface area contributed by atoms with E-state index in [0.29, 0.717) is 0 Å². The van der Waals surface area contributed by atoms with Crippen LogP contribution in [0.3, 0.4) is 0 Å². The van der Waals surface area contributed by atoms with Gasteiger partial charge >= 0.3 is 0 Å². The Morgan fingerprint density at radius 2 is 1.69 bits per heavy atom. The van der Waals surface area contributed by atoms with Crippen molar-refractivity contribution >= 4 is 10.8 Å².